The lowest BCUT2D eigenvalue weighted by atomic mass is 10.1. The average Bonchev–Trinajstić information content (AvgIpc) is 2.73. The summed E-state index contributed by atoms with van der Waals surface area (Å²) in [5, 5.41) is 0. The van der Waals surface area contributed by atoms with E-state index >= 15 is 0 Å². The molecule has 1 fully saturated rings. The molecule has 0 spiro atoms. The first-order chi connectivity index (χ1) is 5.68. The van der Waals surface area contributed by atoms with Gasteiger partial charge >= 0.3 is 0 Å². The quantitative estimate of drug-likeness (QED) is 0.787. The molecule has 1 aliphatic rings. The summed E-state index contributed by atoms with van der Waals surface area (Å²) in [5.41, 5.74) is 6.67. The number of halogens is 2. The van der Waals surface area contributed by atoms with Gasteiger partial charge in [-0.1, -0.05) is 6.07 Å². The second-order valence-corrected chi connectivity index (χ2v) is 4.03. The number of nitrogens with two attached hydrogens (primary N) is 1. The molecule has 1 saturated carbocycles. The molecule has 0 heterocycles. The van der Waals surface area contributed by atoms with Crippen molar-refractivity contribution in [2.75, 3.05) is 0 Å². The van der Waals surface area contributed by atoms with E-state index in [1.807, 2.05) is 6.07 Å². The van der Waals surface area contributed by atoms with Crippen molar-refractivity contribution in [1.29, 1.82) is 0 Å². The fourth-order valence-corrected chi connectivity index (χ4v) is 1.59. The Bertz CT molecular complexity index is 313. The van der Waals surface area contributed by atoms with Gasteiger partial charge in [0, 0.05) is 12.0 Å². The summed E-state index contributed by atoms with van der Waals surface area (Å²) in [7, 11) is 0. The molecule has 2 unspecified atom stereocenters. The summed E-state index contributed by atoms with van der Waals surface area (Å²) in [5.74, 6) is 0.180. The van der Waals surface area contributed by atoms with Crippen molar-refractivity contribution in [2.45, 2.75) is 18.4 Å². The zero-order chi connectivity index (χ0) is 8.72. The van der Waals surface area contributed by atoms with Crippen LogP contribution in [0.15, 0.2) is 22.7 Å². The molecule has 1 aromatic carbocycles. The van der Waals surface area contributed by atoms with Crippen molar-refractivity contribution in [2.24, 2.45) is 5.73 Å². The molecule has 2 atom stereocenters. The smallest absolute Gasteiger partial charge is 0.137 e. The molecule has 64 valence electrons. The largest absolute Gasteiger partial charge is 0.327 e. The molecule has 0 radical (unpaired) electrons. The Hall–Kier alpha value is -0.410. The molecule has 0 amide bonds. The van der Waals surface area contributed by atoms with Crippen LogP contribution >= 0.6 is 15.9 Å². The molecular formula is C9H9BrFN. The van der Waals surface area contributed by atoms with Gasteiger partial charge in [-0.3, -0.25) is 0 Å². The second-order valence-electron chi connectivity index (χ2n) is 3.18. The van der Waals surface area contributed by atoms with Crippen LogP contribution in [0.5, 0.6) is 0 Å². The summed E-state index contributed by atoms with van der Waals surface area (Å²) in [6, 6.07) is 5.45. The lowest BCUT2D eigenvalue weighted by Gasteiger charge is -1.99. The van der Waals surface area contributed by atoms with Crippen LogP contribution in [-0.2, 0) is 0 Å². The third-order valence-electron chi connectivity index (χ3n) is 2.21. The molecule has 0 aliphatic heterocycles. The number of hydrogen-bond donors (Lipinski definition) is 1. The minimum Gasteiger partial charge on any atom is -0.327 e. The minimum atomic E-state index is -0.202. The van der Waals surface area contributed by atoms with Crippen molar-refractivity contribution in [3.63, 3.8) is 0 Å². The van der Waals surface area contributed by atoms with E-state index in [0.717, 1.165) is 12.0 Å². The predicted molar refractivity (Wildman–Crippen MR) is 49.4 cm³/mol. The monoisotopic (exact) mass is 229 g/mol. The maximum atomic E-state index is 13.0. The first kappa shape index (κ1) is 8.20. The number of hydrogen-bond acceptors (Lipinski definition) is 1. The van der Waals surface area contributed by atoms with Crippen LogP contribution < -0.4 is 5.73 Å². The molecule has 1 aliphatic carbocycles. The zero-order valence-corrected chi connectivity index (χ0v) is 8.01. The van der Waals surface area contributed by atoms with Crippen LogP contribution in [0.25, 0.3) is 0 Å². The van der Waals surface area contributed by atoms with E-state index in [4.69, 9.17) is 5.73 Å². The van der Waals surface area contributed by atoms with Crippen LogP contribution in [0.2, 0.25) is 0 Å². The highest BCUT2D eigenvalue weighted by Crippen LogP contribution is 2.39. The molecule has 0 bridgehead atoms. The fraction of sp³-hybridized carbons (Fsp3) is 0.333. The van der Waals surface area contributed by atoms with Crippen molar-refractivity contribution >= 4 is 15.9 Å². The fourth-order valence-electron chi connectivity index (χ4n) is 1.34. The highest BCUT2D eigenvalue weighted by atomic mass is 79.9. The molecule has 12 heavy (non-hydrogen) atoms. The van der Waals surface area contributed by atoms with Gasteiger partial charge in [-0.25, -0.2) is 4.39 Å². The lowest BCUT2D eigenvalue weighted by molar-refractivity contribution is 0.618. The normalized spacial score (nSPS) is 27.2. The Morgan fingerprint density at radius 1 is 1.50 bits per heavy atom. The molecule has 0 saturated heterocycles. The zero-order valence-electron chi connectivity index (χ0n) is 6.43. The van der Waals surface area contributed by atoms with Gasteiger partial charge in [0.1, 0.15) is 5.82 Å². The Morgan fingerprint density at radius 2 is 2.17 bits per heavy atom. The molecule has 2 rings (SSSR count). The van der Waals surface area contributed by atoms with E-state index in [1.165, 1.54) is 0 Å². The molecule has 0 aromatic heterocycles. The first-order valence-corrected chi connectivity index (χ1v) is 4.68. The third kappa shape index (κ3) is 1.39. The van der Waals surface area contributed by atoms with Gasteiger partial charge in [0.2, 0.25) is 0 Å². The van der Waals surface area contributed by atoms with E-state index in [-0.39, 0.29) is 11.9 Å². The maximum absolute atomic E-state index is 13.0. The summed E-state index contributed by atoms with van der Waals surface area (Å²) in [6.45, 7) is 0. The highest BCUT2D eigenvalue weighted by Gasteiger charge is 2.34. The van der Waals surface area contributed by atoms with Crippen molar-refractivity contribution in [3.8, 4) is 0 Å². The maximum Gasteiger partial charge on any atom is 0.137 e. The van der Waals surface area contributed by atoms with Crippen LogP contribution in [0.3, 0.4) is 0 Å². The summed E-state index contributed by atoms with van der Waals surface area (Å²) < 4.78 is 13.5. The molecular weight excluding hydrogens is 221 g/mol. The summed E-state index contributed by atoms with van der Waals surface area (Å²) >= 11 is 3.11. The Morgan fingerprint density at radius 3 is 2.67 bits per heavy atom. The molecule has 2 N–H and O–H groups in total. The van der Waals surface area contributed by atoms with Gasteiger partial charge in [0.05, 0.1) is 4.47 Å². The number of benzene rings is 1. The van der Waals surface area contributed by atoms with E-state index in [2.05, 4.69) is 15.9 Å². The van der Waals surface area contributed by atoms with E-state index < -0.39 is 0 Å². The second kappa shape index (κ2) is 2.82. The van der Waals surface area contributed by atoms with E-state index in [9.17, 15) is 4.39 Å². The summed E-state index contributed by atoms with van der Waals surface area (Å²) in [4.78, 5) is 0. The molecule has 1 aromatic rings. The molecule has 1 nitrogen and oxygen atoms in total. The van der Waals surface area contributed by atoms with Gasteiger partial charge in [-0.05, 0) is 40.0 Å². The predicted octanol–water partition coefficient (Wildman–Crippen LogP) is 2.40. The molecule has 3 heteroatoms. The van der Waals surface area contributed by atoms with Crippen molar-refractivity contribution < 1.29 is 4.39 Å². The Labute approximate surface area is 78.9 Å². The van der Waals surface area contributed by atoms with Gasteiger partial charge < -0.3 is 5.73 Å². The van der Waals surface area contributed by atoms with E-state index in [0.29, 0.717) is 10.4 Å². The average molecular weight is 230 g/mol. The van der Waals surface area contributed by atoms with Crippen molar-refractivity contribution in [3.05, 3.63) is 34.1 Å². The highest BCUT2D eigenvalue weighted by molar-refractivity contribution is 9.10. The van der Waals surface area contributed by atoms with Crippen LogP contribution in [0, 0.1) is 5.82 Å². The third-order valence-corrected chi connectivity index (χ3v) is 2.85. The first-order valence-electron chi connectivity index (χ1n) is 3.89. The van der Waals surface area contributed by atoms with Gasteiger partial charge in [0.15, 0.2) is 0 Å². The Balaban J connectivity index is 2.29. The lowest BCUT2D eigenvalue weighted by Crippen LogP contribution is -2.01. The van der Waals surface area contributed by atoms with Gasteiger partial charge in [-0.2, -0.15) is 0 Å². The van der Waals surface area contributed by atoms with Gasteiger partial charge in [-0.15, -0.1) is 0 Å². The topological polar surface area (TPSA) is 26.0 Å². The SMILES string of the molecule is NC1CC1c1ccc(Br)c(F)c1. The Kier molecular flexibility index (Phi) is 1.93. The van der Waals surface area contributed by atoms with Crippen LogP contribution in [0.4, 0.5) is 4.39 Å². The van der Waals surface area contributed by atoms with Crippen molar-refractivity contribution in [1.82, 2.24) is 0 Å². The van der Waals surface area contributed by atoms with E-state index in [1.54, 1.807) is 12.1 Å². The van der Waals surface area contributed by atoms with Crippen LogP contribution in [0.1, 0.15) is 17.9 Å². The minimum absolute atomic E-state index is 0.202. The van der Waals surface area contributed by atoms with Gasteiger partial charge in [0.25, 0.3) is 0 Å². The summed E-state index contributed by atoms with van der Waals surface area (Å²) in [6.07, 6.45) is 0.987. The number of rotatable bonds is 1. The standard InChI is InChI=1S/C9H9BrFN/c10-7-2-1-5(3-8(7)11)6-4-9(6)12/h1-3,6,9H,4,12H2. The van der Waals surface area contributed by atoms with Crippen LogP contribution in [-0.4, -0.2) is 6.04 Å².